The fraction of sp³-hybridized carbons (Fsp3) is 0.571. The number of amides is 2. The Bertz CT molecular complexity index is 794. The number of aliphatic hydroxyl groups is 2. The highest BCUT2D eigenvalue weighted by Gasteiger charge is 2.20. The van der Waals surface area contributed by atoms with Crippen molar-refractivity contribution < 1.29 is 28.6 Å². The van der Waals surface area contributed by atoms with E-state index in [4.69, 9.17) is 10.8 Å². The molecule has 0 aromatic carbocycles. The molecule has 10 heteroatoms. The first-order chi connectivity index (χ1) is 17.9. The van der Waals surface area contributed by atoms with E-state index in [1.807, 2.05) is 40.8 Å². The van der Waals surface area contributed by atoms with E-state index in [2.05, 4.69) is 17.2 Å². The lowest BCUT2D eigenvalue weighted by molar-refractivity contribution is -0.133. The molecule has 0 radical (unpaired) electrons. The number of alkyl halides is 1. The van der Waals surface area contributed by atoms with Crippen molar-refractivity contribution in [2.45, 2.75) is 86.1 Å². The predicted octanol–water partition coefficient (Wildman–Crippen LogP) is 4.49. The van der Waals surface area contributed by atoms with Crippen molar-refractivity contribution in [1.29, 1.82) is 0 Å². The molecular formula is C28H50F2N4O4. The molecule has 1 fully saturated rings. The van der Waals surface area contributed by atoms with E-state index < -0.39 is 12.2 Å². The largest absolute Gasteiger partial charge is 0.405 e. The summed E-state index contributed by atoms with van der Waals surface area (Å²) in [5.74, 6) is -0.821. The summed E-state index contributed by atoms with van der Waals surface area (Å²) in [5.41, 5.74) is 6.52. The minimum absolute atomic E-state index is 0.0174. The minimum Gasteiger partial charge on any atom is -0.405 e. The van der Waals surface area contributed by atoms with Gasteiger partial charge in [-0.2, -0.15) is 0 Å². The van der Waals surface area contributed by atoms with E-state index in [9.17, 15) is 23.5 Å². The number of nitrogens with one attached hydrogen (secondary N) is 2. The maximum absolute atomic E-state index is 12.8. The molecule has 1 aliphatic heterocycles. The van der Waals surface area contributed by atoms with Crippen LogP contribution in [0.25, 0.3) is 0 Å². The smallest absolute Gasteiger partial charge is 0.251 e. The summed E-state index contributed by atoms with van der Waals surface area (Å²) in [6.07, 6.45) is 8.34. The van der Waals surface area contributed by atoms with Gasteiger partial charge in [0, 0.05) is 44.2 Å². The summed E-state index contributed by atoms with van der Waals surface area (Å²) >= 11 is 0. The molecule has 1 aliphatic rings. The lowest BCUT2D eigenvalue weighted by Gasteiger charge is -2.29. The van der Waals surface area contributed by atoms with Crippen LogP contribution in [0, 0.1) is 0 Å². The molecule has 0 saturated carbocycles. The number of hydrogen-bond donors (Lipinski definition) is 5. The number of rotatable bonds is 9. The number of carbonyl (C=O) groups is 2. The van der Waals surface area contributed by atoms with Crippen LogP contribution in [-0.2, 0) is 9.59 Å². The molecule has 0 aromatic rings. The van der Waals surface area contributed by atoms with Gasteiger partial charge in [0.05, 0.1) is 11.8 Å². The van der Waals surface area contributed by atoms with Crippen LogP contribution in [0.15, 0.2) is 59.9 Å². The lowest BCUT2D eigenvalue weighted by Crippen LogP contribution is -2.41. The van der Waals surface area contributed by atoms with Crippen LogP contribution < -0.4 is 16.4 Å². The molecule has 8 nitrogen and oxygen atoms in total. The highest BCUT2D eigenvalue weighted by atomic mass is 19.1. The lowest BCUT2D eigenvalue weighted by atomic mass is 10.1. The molecule has 2 amide bonds. The monoisotopic (exact) mass is 544 g/mol. The second kappa shape index (κ2) is 25.7. The molecule has 0 aliphatic carbocycles. The Balaban J connectivity index is -0.000000495. The van der Waals surface area contributed by atoms with Crippen molar-refractivity contribution in [2.75, 3.05) is 20.1 Å². The van der Waals surface area contributed by atoms with Gasteiger partial charge in [-0.25, -0.2) is 8.78 Å². The number of β-amino-alcohol motifs (C(OH)–C–C–N with tert-alkyl or cyclic N) is 1. The summed E-state index contributed by atoms with van der Waals surface area (Å²) in [7, 11) is 1.83. The number of carbonyl (C=O) groups excluding carboxylic acids is 2. The van der Waals surface area contributed by atoms with E-state index in [1.165, 1.54) is 12.3 Å². The third-order valence-electron chi connectivity index (χ3n) is 4.93. The summed E-state index contributed by atoms with van der Waals surface area (Å²) < 4.78 is 24.1. The Labute approximate surface area is 228 Å². The number of halogens is 2. The molecule has 2 atom stereocenters. The standard InChI is InChI=1S/C11H16FNO.C11H20N2O2.C4H8FNO.C2H6/c1-5-7-10(9(4)12)13-11(14)8(3)6-2;1-9(12-2)5-6-11(15)13-7-3-4-10(14)8-13;5-4(7)2-1-3-6;1-2/h6-7H,4-5H2,1-3H3,(H,13,14);5,10,12,14H,3-4,6-8H2,1-2H3;1,3-4,7H,2,6H2;1-2H3/b8-6+,10-7+;9-5-;3-1-;. The third kappa shape index (κ3) is 22.2. The molecule has 6 N–H and O–H groups in total. The van der Waals surface area contributed by atoms with Crippen molar-refractivity contribution >= 4 is 11.8 Å². The average Bonchev–Trinajstić information content (AvgIpc) is 2.91. The molecular weight excluding hydrogens is 494 g/mol. The van der Waals surface area contributed by atoms with Gasteiger partial charge in [0.2, 0.25) is 5.91 Å². The van der Waals surface area contributed by atoms with Gasteiger partial charge in [0.1, 0.15) is 5.83 Å². The van der Waals surface area contributed by atoms with E-state index in [0.29, 0.717) is 25.0 Å². The topological polar surface area (TPSA) is 128 Å². The zero-order valence-electron chi connectivity index (χ0n) is 24.2. The van der Waals surface area contributed by atoms with Gasteiger partial charge in [-0.1, -0.05) is 51.7 Å². The summed E-state index contributed by atoms with van der Waals surface area (Å²) in [6, 6.07) is 0. The van der Waals surface area contributed by atoms with Gasteiger partial charge < -0.3 is 31.5 Å². The van der Waals surface area contributed by atoms with Crippen molar-refractivity contribution in [2.24, 2.45) is 5.73 Å². The number of piperidine rings is 1. The fourth-order valence-corrected chi connectivity index (χ4v) is 2.63. The number of aliphatic hydroxyl groups excluding tert-OH is 2. The van der Waals surface area contributed by atoms with Crippen molar-refractivity contribution in [3.63, 3.8) is 0 Å². The molecule has 0 aromatic heterocycles. The van der Waals surface area contributed by atoms with Gasteiger partial charge in [0.15, 0.2) is 6.36 Å². The maximum Gasteiger partial charge on any atom is 0.251 e. The highest BCUT2D eigenvalue weighted by molar-refractivity contribution is 5.94. The van der Waals surface area contributed by atoms with Crippen molar-refractivity contribution in [3.8, 4) is 0 Å². The van der Waals surface area contributed by atoms with E-state index >= 15 is 0 Å². The Morgan fingerprint density at radius 3 is 2.26 bits per heavy atom. The molecule has 0 spiro atoms. The molecule has 2 unspecified atom stereocenters. The molecule has 1 rings (SSSR count). The highest BCUT2D eigenvalue weighted by Crippen LogP contribution is 2.11. The van der Waals surface area contributed by atoms with Crippen LogP contribution in [0.4, 0.5) is 8.78 Å². The number of likely N-dealkylation sites (tertiary alicyclic amines) is 1. The van der Waals surface area contributed by atoms with Gasteiger partial charge in [-0.3, -0.25) is 9.59 Å². The zero-order chi connectivity index (χ0) is 30.1. The predicted molar refractivity (Wildman–Crippen MR) is 152 cm³/mol. The average molecular weight is 545 g/mol. The zero-order valence-corrected chi connectivity index (χ0v) is 24.2. The van der Waals surface area contributed by atoms with Crippen molar-refractivity contribution in [1.82, 2.24) is 15.5 Å². The van der Waals surface area contributed by atoms with Crippen LogP contribution in [0.1, 0.15) is 73.6 Å². The number of nitrogens with two attached hydrogens (primary N) is 1. The van der Waals surface area contributed by atoms with Crippen molar-refractivity contribution in [3.05, 3.63) is 59.9 Å². The SMILES string of the molecule is C=C(F)/C(=C\CC)NC(=O)/C(C)=C/C.CC.CN/C(C)=C\CC(=O)N1CCCC(O)C1.N/C=C\CC(O)F. The molecule has 220 valence electrons. The summed E-state index contributed by atoms with van der Waals surface area (Å²) in [4.78, 5) is 24.8. The number of allylic oxidation sites excluding steroid dienone is 4. The molecule has 38 heavy (non-hydrogen) atoms. The molecule has 0 bridgehead atoms. The fourth-order valence-electron chi connectivity index (χ4n) is 2.63. The van der Waals surface area contributed by atoms with Crippen LogP contribution in [-0.4, -0.2) is 59.5 Å². The first-order valence-electron chi connectivity index (χ1n) is 12.9. The van der Waals surface area contributed by atoms with E-state index in [1.54, 1.807) is 30.9 Å². The Morgan fingerprint density at radius 1 is 1.26 bits per heavy atom. The second-order valence-corrected chi connectivity index (χ2v) is 7.93. The summed E-state index contributed by atoms with van der Waals surface area (Å²) in [6.45, 7) is 15.6. The van der Waals surface area contributed by atoms with Crippen LogP contribution in [0.5, 0.6) is 0 Å². The summed E-state index contributed by atoms with van der Waals surface area (Å²) in [5, 5.41) is 22.8. The quantitative estimate of drug-likeness (QED) is 0.215. The number of nitrogens with zero attached hydrogens (tertiary/aromatic N) is 1. The Hall–Kier alpha value is -2.98. The van der Waals surface area contributed by atoms with Crippen LogP contribution >= 0.6 is 0 Å². The normalized spacial score (nSPS) is 16.6. The molecule has 1 heterocycles. The minimum atomic E-state index is -1.76. The first kappa shape index (κ1) is 39.5. The van der Waals surface area contributed by atoms with Gasteiger partial charge in [0.25, 0.3) is 5.91 Å². The maximum atomic E-state index is 12.8. The van der Waals surface area contributed by atoms with E-state index in [0.717, 1.165) is 25.1 Å². The van der Waals surface area contributed by atoms with Crippen LogP contribution in [0.2, 0.25) is 0 Å². The number of hydrogen-bond acceptors (Lipinski definition) is 6. The molecule has 1 saturated heterocycles. The Morgan fingerprint density at radius 2 is 1.87 bits per heavy atom. The van der Waals surface area contributed by atoms with Gasteiger partial charge >= 0.3 is 0 Å². The van der Waals surface area contributed by atoms with Gasteiger partial charge in [-0.15, -0.1) is 0 Å². The van der Waals surface area contributed by atoms with E-state index in [-0.39, 0.29) is 30.0 Å². The second-order valence-electron chi connectivity index (χ2n) is 7.93. The third-order valence-corrected chi connectivity index (χ3v) is 4.93. The first-order valence-corrected chi connectivity index (χ1v) is 12.9. The van der Waals surface area contributed by atoms with Crippen LogP contribution in [0.3, 0.4) is 0 Å². The van der Waals surface area contributed by atoms with Gasteiger partial charge in [-0.05, 0) is 46.2 Å². The Kier molecular flexibility index (Phi) is 26.7.